The molecule has 0 aromatic carbocycles. The summed E-state index contributed by atoms with van der Waals surface area (Å²) in [6.45, 7) is 22.8. The lowest BCUT2D eigenvalue weighted by Crippen LogP contribution is -2.60. The van der Waals surface area contributed by atoms with Crippen LogP contribution < -0.4 is 0 Å². The second-order valence-corrected chi connectivity index (χ2v) is 29.7. The van der Waals surface area contributed by atoms with Crippen LogP contribution in [0.4, 0.5) is 0 Å². The number of unbranched alkanes of at least 4 members (excludes halogenated alkanes) is 13. The molecule has 0 fully saturated rings. The quantitative estimate of drug-likeness (QED) is 0.111. The van der Waals surface area contributed by atoms with Gasteiger partial charge in [-0.25, -0.2) is 0 Å². The van der Waals surface area contributed by atoms with Crippen LogP contribution in [0.1, 0.15) is 96.8 Å². The Hall–Kier alpha value is 0.748. The first-order valence-corrected chi connectivity index (χ1v) is 25.9. The van der Waals surface area contributed by atoms with Gasteiger partial charge in [0.05, 0.1) is 0 Å². The van der Waals surface area contributed by atoms with Crippen LogP contribution >= 0.6 is 0 Å². The molecule has 0 bridgehead atoms. The largest absolute Gasteiger partial charge is 0.469 e. The molecular weight excluding hydrogens is 461 g/mol. The van der Waals surface area contributed by atoms with Crippen LogP contribution in [0, 0.1) is 0 Å². The average Bonchev–Trinajstić information content (AvgIpc) is 2.57. The zero-order valence-electron chi connectivity index (χ0n) is 23.8. The van der Waals surface area contributed by atoms with Crippen molar-refractivity contribution < 1.29 is 12.3 Å². The summed E-state index contributed by atoms with van der Waals surface area (Å²) in [7, 11) is -7.85. The van der Waals surface area contributed by atoms with Gasteiger partial charge in [-0.15, -0.1) is 0 Å². The highest BCUT2D eigenvalue weighted by Crippen LogP contribution is 2.30. The summed E-state index contributed by atoms with van der Waals surface area (Å²) in [5, 5.41) is 0. The lowest BCUT2D eigenvalue weighted by Gasteiger charge is -2.43. The van der Waals surface area contributed by atoms with Gasteiger partial charge in [0.2, 0.25) is 0 Å². The van der Waals surface area contributed by atoms with Crippen LogP contribution in [0.3, 0.4) is 0 Å². The van der Waals surface area contributed by atoms with Gasteiger partial charge in [-0.1, -0.05) is 90.4 Å². The summed E-state index contributed by atoms with van der Waals surface area (Å²) in [5.74, 6) is 0. The van der Waals surface area contributed by atoms with E-state index in [9.17, 15) is 0 Å². The fourth-order valence-electron chi connectivity index (χ4n) is 4.15. The summed E-state index contributed by atoms with van der Waals surface area (Å²) >= 11 is 0. The van der Waals surface area contributed by atoms with Gasteiger partial charge in [-0.05, 0) is 65.3 Å². The lowest BCUT2D eigenvalue weighted by atomic mass is 10.0. The molecular formula is C25H60O3Si4. The highest BCUT2D eigenvalue weighted by molar-refractivity contribution is 6.90. The summed E-state index contributed by atoms with van der Waals surface area (Å²) in [6, 6.07) is 1.00. The highest BCUT2D eigenvalue weighted by Gasteiger charge is 2.49. The van der Waals surface area contributed by atoms with Crippen LogP contribution in [0.5, 0.6) is 0 Å². The molecule has 0 spiro atoms. The van der Waals surface area contributed by atoms with Gasteiger partial charge in [-0.2, -0.15) is 0 Å². The van der Waals surface area contributed by atoms with E-state index < -0.39 is 33.8 Å². The van der Waals surface area contributed by atoms with E-state index in [0.29, 0.717) is 0 Å². The molecule has 0 aliphatic heterocycles. The highest BCUT2D eigenvalue weighted by atomic mass is 28.5. The summed E-state index contributed by atoms with van der Waals surface area (Å²) < 4.78 is 20.4. The minimum atomic E-state index is -2.62. The molecule has 0 atom stereocenters. The molecule has 0 unspecified atom stereocenters. The second-order valence-electron chi connectivity index (χ2n) is 12.7. The van der Waals surface area contributed by atoms with E-state index in [2.05, 4.69) is 65.8 Å². The van der Waals surface area contributed by atoms with Crippen LogP contribution in [-0.2, 0) is 12.3 Å². The van der Waals surface area contributed by atoms with Crippen molar-refractivity contribution in [2.24, 2.45) is 0 Å². The van der Waals surface area contributed by atoms with Gasteiger partial charge in [0.15, 0.2) is 25.0 Å². The van der Waals surface area contributed by atoms with Crippen molar-refractivity contribution in [3.8, 4) is 0 Å². The summed E-state index contributed by atoms with van der Waals surface area (Å²) in [5.41, 5.74) is 0. The predicted octanol–water partition coefficient (Wildman–Crippen LogP) is 9.96. The third kappa shape index (κ3) is 21.3. The molecule has 0 aromatic heterocycles. The predicted molar refractivity (Wildman–Crippen MR) is 154 cm³/mol. The van der Waals surface area contributed by atoms with Gasteiger partial charge < -0.3 is 12.3 Å². The van der Waals surface area contributed by atoms with E-state index in [0.717, 1.165) is 6.04 Å². The van der Waals surface area contributed by atoms with Gasteiger partial charge in [0.25, 0.3) is 0 Å². The third-order valence-corrected chi connectivity index (χ3v) is 17.3. The van der Waals surface area contributed by atoms with Crippen LogP contribution in [-0.4, -0.2) is 33.8 Å². The Bertz CT molecular complexity index is 413. The van der Waals surface area contributed by atoms with Crippen LogP contribution in [0.2, 0.25) is 65.0 Å². The molecule has 0 radical (unpaired) electrons. The van der Waals surface area contributed by atoms with E-state index in [-0.39, 0.29) is 0 Å². The molecule has 0 saturated heterocycles. The molecule has 0 N–H and O–H groups in total. The third-order valence-electron chi connectivity index (χ3n) is 5.22. The Morgan fingerprint density at radius 1 is 0.375 bits per heavy atom. The Morgan fingerprint density at radius 2 is 0.625 bits per heavy atom. The van der Waals surface area contributed by atoms with Crippen molar-refractivity contribution in [3.05, 3.63) is 0 Å². The fraction of sp³-hybridized carbons (Fsp3) is 1.00. The SMILES string of the molecule is CCCCCCCCCCCCCCCC[Si](O[Si](C)(C)C)(O[Si](C)(C)C)O[Si](C)(C)C. The molecule has 0 aliphatic carbocycles. The van der Waals surface area contributed by atoms with Crippen molar-refractivity contribution in [1.82, 2.24) is 0 Å². The zero-order chi connectivity index (χ0) is 24.7. The smallest absolute Gasteiger partial charge is 0.417 e. The van der Waals surface area contributed by atoms with E-state index >= 15 is 0 Å². The first-order chi connectivity index (χ1) is 14.7. The molecule has 7 heteroatoms. The normalized spacial score (nSPS) is 13.7. The number of hydrogen-bond donors (Lipinski definition) is 0. The maximum Gasteiger partial charge on any atom is 0.469 e. The van der Waals surface area contributed by atoms with Crippen molar-refractivity contribution in [2.45, 2.75) is 162 Å². The molecule has 0 aromatic rings. The maximum atomic E-state index is 6.79. The Kier molecular flexibility index (Phi) is 16.8. The second kappa shape index (κ2) is 16.4. The summed E-state index contributed by atoms with van der Waals surface area (Å²) in [6.07, 6.45) is 19.4. The minimum Gasteiger partial charge on any atom is -0.417 e. The van der Waals surface area contributed by atoms with E-state index in [1.807, 2.05) is 0 Å². The average molecular weight is 521 g/mol. The van der Waals surface area contributed by atoms with Crippen molar-refractivity contribution in [3.63, 3.8) is 0 Å². The Balaban J connectivity index is 4.31. The molecule has 0 amide bonds. The van der Waals surface area contributed by atoms with Crippen molar-refractivity contribution in [2.75, 3.05) is 0 Å². The molecule has 0 aliphatic rings. The summed E-state index contributed by atoms with van der Waals surface area (Å²) in [4.78, 5) is 0. The number of rotatable bonds is 21. The first-order valence-electron chi connectivity index (χ1n) is 13.8. The maximum absolute atomic E-state index is 6.79. The van der Waals surface area contributed by atoms with Gasteiger partial charge in [0.1, 0.15) is 0 Å². The minimum absolute atomic E-state index is 1.00. The van der Waals surface area contributed by atoms with E-state index in [1.54, 1.807) is 0 Å². The monoisotopic (exact) mass is 520 g/mol. The van der Waals surface area contributed by atoms with Gasteiger partial charge in [-0.3, -0.25) is 0 Å². The standard InChI is InChI=1S/C25H60O3Si4/c1-11-12-13-14-15-16-17-18-19-20-21-22-23-24-25-32(26-29(2,3)4,27-30(5,6)7)28-31(8,9)10/h11-25H2,1-10H3. The van der Waals surface area contributed by atoms with E-state index in [4.69, 9.17) is 12.3 Å². The molecule has 0 heterocycles. The zero-order valence-corrected chi connectivity index (χ0v) is 27.8. The first kappa shape index (κ1) is 32.7. The molecule has 194 valence electrons. The van der Waals surface area contributed by atoms with E-state index in [1.165, 1.54) is 89.9 Å². The van der Waals surface area contributed by atoms with Crippen molar-refractivity contribution >= 4 is 33.8 Å². The molecule has 0 saturated carbocycles. The Labute approximate surface area is 207 Å². The van der Waals surface area contributed by atoms with Crippen LogP contribution in [0.25, 0.3) is 0 Å². The van der Waals surface area contributed by atoms with Gasteiger partial charge >= 0.3 is 8.80 Å². The Morgan fingerprint density at radius 3 is 0.875 bits per heavy atom. The lowest BCUT2D eigenvalue weighted by molar-refractivity contribution is 0.250. The van der Waals surface area contributed by atoms with Gasteiger partial charge in [0, 0.05) is 6.04 Å². The topological polar surface area (TPSA) is 27.7 Å². The molecule has 0 rings (SSSR count). The van der Waals surface area contributed by atoms with Crippen LogP contribution in [0.15, 0.2) is 0 Å². The van der Waals surface area contributed by atoms with Crippen molar-refractivity contribution in [1.29, 1.82) is 0 Å². The molecule has 32 heavy (non-hydrogen) atoms. The fourth-order valence-corrected chi connectivity index (χ4v) is 18.9. The molecule has 3 nitrogen and oxygen atoms in total. The number of hydrogen-bond acceptors (Lipinski definition) is 3.